The van der Waals surface area contributed by atoms with Crippen molar-refractivity contribution in [3.05, 3.63) is 75.9 Å². The smallest absolute Gasteiger partial charge is 0.309 e. The normalized spacial score (nSPS) is 21.7. The molecule has 0 spiro atoms. The first-order valence-electron chi connectivity index (χ1n) is 14.3. The van der Waals surface area contributed by atoms with E-state index in [1.54, 1.807) is 24.3 Å². The second kappa shape index (κ2) is 12.6. The second-order valence-corrected chi connectivity index (χ2v) is 13.8. The molecule has 3 N–H and O–H groups in total. The van der Waals surface area contributed by atoms with Gasteiger partial charge in [-0.05, 0) is 54.4 Å². The predicted octanol–water partition coefficient (Wildman–Crippen LogP) is 3.64. The minimum Gasteiger partial charge on any atom is -0.469 e. The van der Waals surface area contributed by atoms with E-state index in [0.717, 1.165) is 41.7 Å². The van der Waals surface area contributed by atoms with Crippen molar-refractivity contribution in [2.75, 3.05) is 33.0 Å². The van der Waals surface area contributed by atoms with Gasteiger partial charge >= 0.3 is 5.97 Å². The third-order valence-corrected chi connectivity index (χ3v) is 10.4. The van der Waals surface area contributed by atoms with Crippen LogP contribution in [0.4, 0.5) is 0 Å². The van der Waals surface area contributed by atoms with Crippen molar-refractivity contribution in [1.29, 1.82) is 5.41 Å². The van der Waals surface area contributed by atoms with E-state index in [-0.39, 0.29) is 42.0 Å². The molecule has 43 heavy (non-hydrogen) atoms. The van der Waals surface area contributed by atoms with Crippen molar-refractivity contribution < 1.29 is 22.7 Å². The van der Waals surface area contributed by atoms with Crippen LogP contribution in [0.15, 0.2) is 58.7 Å². The van der Waals surface area contributed by atoms with Crippen LogP contribution in [0.1, 0.15) is 52.7 Å². The maximum atomic E-state index is 13.9. The number of sulfonamides is 1. The number of piperidine rings is 1. The Hall–Kier alpha value is -3.54. The Bertz CT molecular complexity index is 1580. The Labute approximate surface area is 257 Å². The third kappa shape index (κ3) is 6.84. The highest BCUT2D eigenvalue weighted by Crippen LogP contribution is 2.41. The lowest BCUT2D eigenvalue weighted by Gasteiger charge is -2.33. The molecule has 2 aromatic carbocycles. The number of likely N-dealkylation sites (tertiary alicyclic amines) is 1. The van der Waals surface area contributed by atoms with Crippen molar-refractivity contribution in [1.82, 2.24) is 9.21 Å². The lowest BCUT2D eigenvalue weighted by atomic mass is 9.82. The SMILES string of the molecule is COC(=O)Cc1ccc(C2=C(Cl)N=C([C@@H]3C[C@H](C4CCN(S(C)(=O)=O)CC4)CN3C(=O)c3ccc(C(=N)N)cc3)C2)cc1. The minimum absolute atomic E-state index is 0.0644. The van der Waals surface area contributed by atoms with E-state index in [0.29, 0.717) is 42.3 Å². The Morgan fingerprint density at radius 3 is 2.26 bits per heavy atom. The minimum atomic E-state index is -3.23. The van der Waals surface area contributed by atoms with E-state index in [2.05, 4.69) is 0 Å². The second-order valence-electron chi connectivity index (χ2n) is 11.5. The fourth-order valence-corrected chi connectivity index (χ4v) is 7.51. The molecule has 12 heteroatoms. The van der Waals surface area contributed by atoms with Crippen LogP contribution in [-0.2, 0) is 26.0 Å². The molecule has 2 aromatic rings. The van der Waals surface area contributed by atoms with E-state index in [1.165, 1.54) is 17.7 Å². The summed E-state index contributed by atoms with van der Waals surface area (Å²) in [7, 11) is -1.87. The Morgan fingerprint density at radius 1 is 1.05 bits per heavy atom. The van der Waals surface area contributed by atoms with Gasteiger partial charge in [0, 0.05) is 48.5 Å². The molecule has 3 aliphatic heterocycles. The molecule has 228 valence electrons. The molecule has 0 unspecified atom stereocenters. The summed E-state index contributed by atoms with van der Waals surface area (Å²) < 4.78 is 30.4. The number of nitrogens with one attached hydrogen (secondary N) is 1. The lowest BCUT2D eigenvalue weighted by molar-refractivity contribution is -0.139. The molecule has 0 bridgehead atoms. The average Bonchev–Trinajstić information content (AvgIpc) is 3.61. The zero-order chi connectivity index (χ0) is 30.9. The number of hydrogen-bond donors (Lipinski definition) is 2. The van der Waals surface area contributed by atoms with E-state index in [1.807, 2.05) is 29.2 Å². The van der Waals surface area contributed by atoms with Crippen LogP contribution < -0.4 is 5.73 Å². The summed E-state index contributed by atoms with van der Waals surface area (Å²) in [5.74, 6) is -0.0306. The highest BCUT2D eigenvalue weighted by Gasteiger charge is 2.43. The average molecular weight is 626 g/mol. The van der Waals surface area contributed by atoms with Gasteiger partial charge in [-0.25, -0.2) is 17.7 Å². The first-order chi connectivity index (χ1) is 20.4. The fourth-order valence-electron chi connectivity index (χ4n) is 6.35. The summed E-state index contributed by atoms with van der Waals surface area (Å²) in [6, 6.07) is 14.0. The van der Waals surface area contributed by atoms with Crippen molar-refractivity contribution in [2.45, 2.75) is 38.1 Å². The molecule has 0 saturated carbocycles. The zero-order valence-electron chi connectivity index (χ0n) is 24.3. The maximum absolute atomic E-state index is 13.9. The standard InChI is InChI=1S/C31H36ClN5O5S/c1-42-28(38)15-19-3-5-21(6-4-19)25-17-26(35-29(25)32)27-16-24(20-11-13-36(14-12-20)43(2,40)41)18-37(27)31(39)23-9-7-22(8-10-23)30(33)34/h3-10,20,24,27H,11-18H2,1-2H3,(H3,33,34)/t24-,27-/m0/s1. The van der Waals surface area contributed by atoms with Crippen molar-refractivity contribution in [3.8, 4) is 0 Å². The quantitative estimate of drug-likeness (QED) is 0.198. The molecule has 0 aliphatic carbocycles. The topological polar surface area (TPSA) is 146 Å². The number of nitrogen functional groups attached to an aromatic ring is 1. The molecule has 3 aliphatic rings. The number of aliphatic imine (C=N–C) groups is 1. The van der Waals surface area contributed by atoms with Crippen LogP contribution in [0.5, 0.6) is 0 Å². The van der Waals surface area contributed by atoms with Crippen LogP contribution >= 0.6 is 11.6 Å². The molecule has 1 amide bonds. The summed E-state index contributed by atoms with van der Waals surface area (Å²) in [6.07, 6.45) is 4.13. The molecule has 5 rings (SSSR count). The number of amides is 1. The largest absolute Gasteiger partial charge is 0.469 e. The summed E-state index contributed by atoms with van der Waals surface area (Å²) in [6.45, 7) is 1.50. The van der Waals surface area contributed by atoms with E-state index < -0.39 is 10.0 Å². The number of amidine groups is 1. The van der Waals surface area contributed by atoms with Gasteiger partial charge in [-0.15, -0.1) is 0 Å². The monoisotopic (exact) mass is 625 g/mol. The Balaban J connectivity index is 1.36. The third-order valence-electron chi connectivity index (χ3n) is 8.78. The maximum Gasteiger partial charge on any atom is 0.309 e. The van der Waals surface area contributed by atoms with Crippen LogP contribution in [0.2, 0.25) is 0 Å². The van der Waals surface area contributed by atoms with E-state index >= 15 is 0 Å². The molecular weight excluding hydrogens is 590 g/mol. The first-order valence-corrected chi connectivity index (χ1v) is 16.5. The van der Waals surface area contributed by atoms with Crippen LogP contribution in [-0.4, -0.2) is 80.1 Å². The van der Waals surface area contributed by atoms with Crippen molar-refractivity contribution >= 4 is 50.6 Å². The lowest BCUT2D eigenvalue weighted by Crippen LogP contribution is -2.41. The molecule has 0 aromatic heterocycles. The number of ether oxygens (including phenoxy) is 1. The van der Waals surface area contributed by atoms with E-state index in [9.17, 15) is 18.0 Å². The first kappa shape index (κ1) is 30.9. The summed E-state index contributed by atoms with van der Waals surface area (Å²) in [5.41, 5.74) is 10.1. The number of hydrogen-bond acceptors (Lipinski definition) is 7. The van der Waals surface area contributed by atoms with Gasteiger partial charge in [-0.2, -0.15) is 0 Å². The highest BCUT2D eigenvalue weighted by atomic mass is 35.5. The number of nitrogens with zero attached hydrogens (tertiary/aromatic N) is 3. The number of esters is 1. The number of carbonyl (C=O) groups is 2. The van der Waals surface area contributed by atoms with E-state index in [4.69, 9.17) is 32.5 Å². The summed E-state index contributed by atoms with van der Waals surface area (Å²) >= 11 is 6.69. The number of carbonyl (C=O) groups excluding carboxylic acids is 2. The summed E-state index contributed by atoms with van der Waals surface area (Å²) in [5, 5.41) is 8.05. The van der Waals surface area contributed by atoms with Gasteiger partial charge in [0.2, 0.25) is 10.0 Å². The number of benzene rings is 2. The Kier molecular flexibility index (Phi) is 9.05. The van der Waals surface area contributed by atoms with Crippen molar-refractivity contribution in [3.63, 3.8) is 0 Å². The van der Waals surface area contributed by atoms with Crippen LogP contribution in [0.25, 0.3) is 5.57 Å². The number of nitrogens with two attached hydrogens (primary N) is 1. The predicted molar refractivity (Wildman–Crippen MR) is 167 cm³/mol. The molecule has 3 heterocycles. The number of rotatable bonds is 8. The molecule has 2 fully saturated rings. The molecule has 10 nitrogen and oxygen atoms in total. The van der Waals surface area contributed by atoms with Gasteiger partial charge in [-0.3, -0.25) is 15.0 Å². The highest BCUT2D eigenvalue weighted by molar-refractivity contribution is 7.88. The van der Waals surface area contributed by atoms with Gasteiger partial charge in [0.05, 0.1) is 25.8 Å². The fraction of sp³-hybridized carbons (Fsp3) is 0.419. The summed E-state index contributed by atoms with van der Waals surface area (Å²) in [4.78, 5) is 32.2. The molecule has 0 radical (unpaired) electrons. The van der Waals surface area contributed by atoms with Gasteiger partial charge in [-0.1, -0.05) is 48.0 Å². The number of methoxy groups -OCH3 is 1. The van der Waals surface area contributed by atoms with Gasteiger partial charge in [0.1, 0.15) is 11.0 Å². The van der Waals surface area contributed by atoms with Crippen LogP contribution in [0, 0.1) is 17.2 Å². The van der Waals surface area contributed by atoms with Gasteiger partial charge in [0.25, 0.3) is 5.91 Å². The molecule has 2 atom stereocenters. The molecular formula is C31H36ClN5O5S. The van der Waals surface area contributed by atoms with Crippen LogP contribution in [0.3, 0.4) is 0 Å². The number of allylic oxidation sites excluding steroid dienone is 1. The Morgan fingerprint density at radius 2 is 1.67 bits per heavy atom. The zero-order valence-corrected chi connectivity index (χ0v) is 25.8. The van der Waals surface area contributed by atoms with Gasteiger partial charge in [0.15, 0.2) is 0 Å². The van der Waals surface area contributed by atoms with Crippen molar-refractivity contribution in [2.24, 2.45) is 22.6 Å². The van der Waals surface area contributed by atoms with Gasteiger partial charge < -0.3 is 15.4 Å². The molecule has 2 saturated heterocycles. The number of halogens is 1.